The molecule has 8 N–H and O–H groups in total. The molecular weight excluding hydrogens is 388 g/mol. The molecule has 11 atom stereocenters. The molecule has 2 aliphatic rings. The molecule has 0 aliphatic carbocycles. The summed E-state index contributed by atoms with van der Waals surface area (Å²) >= 11 is 0. The maximum atomic E-state index is 10.4. The van der Waals surface area contributed by atoms with Crippen molar-refractivity contribution in [2.45, 2.75) is 67.5 Å². The highest BCUT2D eigenvalue weighted by atomic mass is 16.7. The lowest BCUT2D eigenvalue weighted by molar-refractivity contribution is -0.279. The summed E-state index contributed by atoms with van der Waals surface area (Å²) in [7, 11) is 0. The maximum Gasteiger partial charge on any atom is 0.186 e. The van der Waals surface area contributed by atoms with Crippen molar-refractivity contribution in [3.8, 4) is 0 Å². The lowest BCUT2D eigenvalue weighted by Crippen LogP contribution is -2.54. The van der Waals surface area contributed by atoms with Crippen LogP contribution in [0.2, 0.25) is 0 Å². The fraction of sp³-hybridized carbons (Fsp3) is 0.933. The number of aliphatic hydroxyl groups excluding tert-OH is 8. The van der Waals surface area contributed by atoms with E-state index in [4.69, 9.17) is 24.1 Å². The normalized spacial score (nSPS) is 42.1. The van der Waals surface area contributed by atoms with Crippen LogP contribution in [0.5, 0.6) is 0 Å². The van der Waals surface area contributed by atoms with Gasteiger partial charge in [0.2, 0.25) is 0 Å². The monoisotopic (exact) mass is 414 g/mol. The van der Waals surface area contributed by atoms with Crippen molar-refractivity contribution in [1.29, 1.82) is 0 Å². The van der Waals surface area contributed by atoms with Gasteiger partial charge < -0.3 is 64.6 Å². The molecule has 0 aromatic rings. The average molecular weight is 414 g/mol. The Hall–Kier alpha value is -0.810. The van der Waals surface area contributed by atoms with Gasteiger partial charge in [0.15, 0.2) is 18.9 Å². The minimum Gasteiger partial charge on any atom is -0.388 e. The molecule has 0 aromatic heterocycles. The van der Waals surface area contributed by atoms with E-state index in [0.29, 0.717) is 0 Å². The molecule has 2 saturated heterocycles. The van der Waals surface area contributed by atoms with Crippen molar-refractivity contribution in [3.05, 3.63) is 0 Å². The lowest BCUT2D eigenvalue weighted by Gasteiger charge is -2.35. The quantitative estimate of drug-likeness (QED) is 0.165. The standard InChI is InChI=1S/C15H26O13/c16-1-5(17)9(20)6(18)2-26-15-13(24)11(22)8(28-15)4-27-14-12(23)10(21)7(19)3-25-14/h1,5-15,17-24H,2-4H2/t5-,6-,7+,8-,9+,10-,11-,12+,13+,14-,15+/m0/s1. The van der Waals surface area contributed by atoms with E-state index >= 15 is 0 Å². The topological polar surface area (TPSA) is 216 Å². The van der Waals surface area contributed by atoms with Gasteiger partial charge in [0.1, 0.15) is 54.9 Å². The van der Waals surface area contributed by atoms with Crippen LogP contribution in [0.4, 0.5) is 0 Å². The van der Waals surface area contributed by atoms with E-state index in [2.05, 4.69) is 0 Å². The van der Waals surface area contributed by atoms with Gasteiger partial charge in [-0.1, -0.05) is 0 Å². The Labute approximate surface area is 159 Å². The van der Waals surface area contributed by atoms with Crippen molar-refractivity contribution in [3.63, 3.8) is 0 Å². The number of aldehydes is 1. The zero-order chi connectivity index (χ0) is 21.0. The van der Waals surface area contributed by atoms with Crippen LogP contribution in [0.15, 0.2) is 0 Å². The lowest BCUT2D eigenvalue weighted by atomic mass is 10.1. The molecule has 13 nitrogen and oxygen atoms in total. The highest BCUT2D eigenvalue weighted by Gasteiger charge is 2.45. The van der Waals surface area contributed by atoms with Gasteiger partial charge in [0.05, 0.1) is 19.8 Å². The van der Waals surface area contributed by atoms with Crippen molar-refractivity contribution in [2.24, 2.45) is 0 Å². The first-order chi connectivity index (χ1) is 13.2. The highest BCUT2D eigenvalue weighted by molar-refractivity contribution is 5.56. The van der Waals surface area contributed by atoms with E-state index in [1.807, 2.05) is 0 Å². The van der Waals surface area contributed by atoms with Gasteiger partial charge in [0, 0.05) is 0 Å². The van der Waals surface area contributed by atoms with Gasteiger partial charge >= 0.3 is 0 Å². The van der Waals surface area contributed by atoms with E-state index in [9.17, 15) is 40.5 Å². The van der Waals surface area contributed by atoms with Crippen LogP contribution in [0.1, 0.15) is 0 Å². The fourth-order valence-electron chi connectivity index (χ4n) is 2.71. The largest absolute Gasteiger partial charge is 0.388 e. The average Bonchev–Trinajstić information content (AvgIpc) is 2.96. The van der Waals surface area contributed by atoms with Gasteiger partial charge in [-0.2, -0.15) is 0 Å². The molecule has 2 heterocycles. The second-order valence-corrected chi connectivity index (χ2v) is 6.63. The van der Waals surface area contributed by atoms with Gasteiger partial charge in [-0.25, -0.2) is 0 Å². The number of carbonyl (C=O) groups is 1. The van der Waals surface area contributed by atoms with Crippen LogP contribution in [-0.2, 0) is 23.7 Å². The Morgan fingerprint density at radius 3 is 2.21 bits per heavy atom. The van der Waals surface area contributed by atoms with E-state index in [-0.39, 0.29) is 19.5 Å². The van der Waals surface area contributed by atoms with Crippen LogP contribution < -0.4 is 0 Å². The molecule has 2 rings (SSSR count). The van der Waals surface area contributed by atoms with Crippen molar-refractivity contribution >= 4 is 6.29 Å². The molecule has 0 bridgehead atoms. The van der Waals surface area contributed by atoms with Crippen molar-refractivity contribution in [1.82, 2.24) is 0 Å². The van der Waals surface area contributed by atoms with E-state index in [1.165, 1.54) is 0 Å². The summed E-state index contributed by atoms with van der Waals surface area (Å²) in [6.07, 6.45) is -16.4. The number of aliphatic hydroxyl groups is 8. The van der Waals surface area contributed by atoms with Crippen LogP contribution in [0, 0.1) is 0 Å². The minimum absolute atomic E-state index is 0.0314. The Balaban J connectivity index is 1.81. The molecule has 0 saturated carbocycles. The van der Waals surface area contributed by atoms with Crippen molar-refractivity contribution in [2.75, 3.05) is 19.8 Å². The first-order valence-corrected chi connectivity index (χ1v) is 8.57. The molecule has 2 fully saturated rings. The summed E-state index contributed by atoms with van der Waals surface area (Å²) in [5.41, 5.74) is 0. The van der Waals surface area contributed by atoms with Crippen LogP contribution in [0.25, 0.3) is 0 Å². The number of rotatable bonds is 9. The summed E-state index contributed by atoms with van der Waals surface area (Å²) in [6.45, 7) is -1.28. The summed E-state index contributed by atoms with van der Waals surface area (Å²) < 4.78 is 20.6. The molecule has 13 heteroatoms. The van der Waals surface area contributed by atoms with Crippen LogP contribution >= 0.6 is 0 Å². The Bertz CT molecular complexity index is 493. The summed E-state index contributed by atoms with van der Waals surface area (Å²) in [6, 6.07) is 0. The number of ether oxygens (including phenoxy) is 4. The van der Waals surface area contributed by atoms with Gasteiger partial charge in [-0.05, 0) is 0 Å². The molecule has 0 spiro atoms. The summed E-state index contributed by atoms with van der Waals surface area (Å²) in [4.78, 5) is 10.4. The van der Waals surface area contributed by atoms with Gasteiger partial charge in [0.25, 0.3) is 0 Å². The SMILES string of the molecule is O=C[C@H](O)[C@@H](O)[C@@H](O)CO[C@@H]1O[C@@H](CO[C@@H]2OC[C@@H](O)[C@H](O)[C@H]2O)[C@H](O)[C@H]1O. The van der Waals surface area contributed by atoms with Gasteiger partial charge in [-0.15, -0.1) is 0 Å². The molecule has 0 radical (unpaired) electrons. The highest BCUT2D eigenvalue weighted by Crippen LogP contribution is 2.24. The number of hydrogen-bond acceptors (Lipinski definition) is 13. The molecular formula is C15H26O13. The van der Waals surface area contributed by atoms with E-state index < -0.39 is 74.1 Å². The Kier molecular flexibility index (Phi) is 8.62. The first kappa shape index (κ1) is 23.5. The summed E-state index contributed by atoms with van der Waals surface area (Å²) in [5, 5.41) is 76.9. The minimum atomic E-state index is -1.82. The predicted octanol–water partition coefficient (Wildman–Crippen LogP) is -5.81. The number of hydrogen-bond donors (Lipinski definition) is 8. The van der Waals surface area contributed by atoms with Gasteiger partial charge in [-0.3, -0.25) is 0 Å². The molecule has 0 amide bonds. The van der Waals surface area contributed by atoms with Crippen LogP contribution in [0.3, 0.4) is 0 Å². The second kappa shape index (κ2) is 10.3. The third-order valence-corrected chi connectivity index (χ3v) is 4.51. The maximum absolute atomic E-state index is 10.4. The third kappa shape index (κ3) is 5.41. The molecule has 2 aliphatic heterocycles. The Morgan fingerprint density at radius 1 is 0.929 bits per heavy atom. The molecule has 0 aromatic carbocycles. The molecule has 164 valence electrons. The molecule has 28 heavy (non-hydrogen) atoms. The number of carbonyl (C=O) groups excluding carboxylic acids is 1. The Morgan fingerprint density at radius 2 is 1.57 bits per heavy atom. The van der Waals surface area contributed by atoms with Crippen LogP contribution in [-0.4, -0.2) is 134 Å². The molecule has 0 unspecified atom stereocenters. The fourth-order valence-corrected chi connectivity index (χ4v) is 2.71. The zero-order valence-electron chi connectivity index (χ0n) is 14.7. The predicted molar refractivity (Wildman–Crippen MR) is 84.4 cm³/mol. The first-order valence-electron chi connectivity index (χ1n) is 8.57. The smallest absolute Gasteiger partial charge is 0.186 e. The zero-order valence-corrected chi connectivity index (χ0v) is 14.7. The third-order valence-electron chi connectivity index (χ3n) is 4.51. The summed E-state index contributed by atoms with van der Waals surface area (Å²) in [5.74, 6) is 0. The van der Waals surface area contributed by atoms with E-state index in [1.54, 1.807) is 0 Å². The van der Waals surface area contributed by atoms with Crippen molar-refractivity contribution < 1.29 is 64.6 Å². The van der Waals surface area contributed by atoms with E-state index in [0.717, 1.165) is 0 Å². The second-order valence-electron chi connectivity index (χ2n) is 6.63.